The lowest BCUT2D eigenvalue weighted by atomic mass is 10.1. The molecule has 1 aromatic carbocycles. The number of pyridine rings is 1. The highest BCUT2D eigenvalue weighted by Crippen LogP contribution is 2.27. The molecule has 3 rings (SSSR count). The zero-order valence-electron chi connectivity index (χ0n) is 15.6. The average molecular weight is 366 g/mol. The Bertz CT molecular complexity index is 909. The third kappa shape index (κ3) is 4.44. The summed E-state index contributed by atoms with van der Waals surface area (Å²) in [6, 6.07) is 9.25. The van der Waals surface area contributed by atoms with Crippen LogP contribution in [0, 0.1) is 0 Å². The summed E-state index contributed by atoms with van der Waals surface area (Å²) < 4.78 is 12.4. The molecule has 27 heavy (non-hydrogen) atoms. The summed E-state index contributed by atoms with van der Waals surface area (Å²) in [5.74, 6) is 1.33. The summed E-state index contributed by atoms with van der Waals surface area (Å²) >= 11 is 0. The van der Waals surface area contributed by atoms with Crippen molar-refractivity contribution in [2.24, 2.45) is 7.05 Å². The molecule has 7 nitrogen and oxygen atoms in total. The molecule has 2 aromatic heterocycles. The SMILES string of the molecule is COc1ccc(CN(C(=O)Cc2ccncc2)c2cnn(C)c2)c(OC)c1. The first kappa shape index (κ1) is 18.4. The minimum absolute atomic E-state index is 0.0351. The Kier molecular flexibility index (Phi) is 5.71. The van der Waals surface area contributed by atoms with Crippen LogP contribution in [0.5, 0.6) is 11.5 Å². The maximum Gasteiger partial charge on any atom is 0.231 e. The molecule has 2 heterocycles. The number of anilines is 1. The number of carbonyl (C=O) groups is 1. The van der Waals surface area contributed by atoms with Crippen molar-refractivity contribution in [1.29, 1.82) is 0 Å². The molecule has 0 saturated carbocycles. The minimum Gasteiger partial charge on any atom is -0.497 e. The van der Waals surface area contributed by atoms with Crippen LogP contribution in [-0.4, -0.2) is 34.9 Å². The van der Waals surface area contributed by atoms with Gasteiger partial charge in [-0.25, -0.2) is 0 Å². The van der Waals surface area contributed by atoms with Gasteiger partial charge in [0.05, 0.1) is 39.1 Å². The van der Waals surface area contributed by atoms with Crippen molar-refractivity contribution in [3.8, 4) is 11.5 Å². The summed E-state index contributed by atoms with van der Waals surface area (Å²) in [6.07, 6.45) is 7.14. The van der Waals surface area contributed by atoms with Gasteiger partial charge in [0.1, 0.15) is 11.5 Å². The molecule has 0 fully saturated rings. The number of amides is 1. The first-order valence-corrected chi connectivity index (χ1v) is 8.49. The van der Waals surface area contributed by atoms with Crippen molar-refractivity contribution in [2.45, 2.75) is 13.0 Å². The van der Waals surface area contributed by atoms with E-state index in [9.17, 15) is 4.79 Å². The van der Waals surface area contributed by atoms with Crippen LogP contribution in [0.2, 0.25) is 0 Å². The molecule has 0 saturated heterocycles. The maximum absolute atomic E-state index is 13.1. The number of nitrogens with zero attached hydrogens (tertiary/aromatic N) is 4. The number of benzene rings is 1. The molecule has 0 N–H and O–H groups in total. The van der Waals surface area contributed by atoms with E-state index in [2.05, 4.69) is 10.1 Å². The topological polar surface area (TPSA) is 69.5 Å². The van der Waals surface area contributed by atoms with E-state index in [1.54, 1.807) is 42.4 Å². The van der Waals surface area contributed by atoms with Crippen LogP contribution in [0.1, 0.15) is 11.1 Å². The fourth-order valence-corrected chi connectivity index (χ4v) is 2.79. The van der Waals surface area contributed by atoms with Crippen LogP contribution < -0.4 is 14.4 Å². The van der Waals surface area contributed by atoms with Gasteiger partial charge < -0.3 is 14.4 Å². The predicted molar refractivity (Wildman–Crippen MR) is 102 cm³/mol. The number of methoxy groups -OCH3 is 2. The lowest BCUT2D eigenvalue weighted by Crippen LogP contribution is -2.31. The van der Waals surface area contributed by atoms with E-state index in [1.165, 1.54) is 0 Å². The number of hydrogen-bond acceptors (Lipinski definition) is 5. The van der Waals surface area contributed by atoms with Gasteiger partial charge >= 0.3 is 0 Å². The van der Waals surface area contributed by atoms with E-state index in [0.29, 0.717) is 18.0 Å². The highest BCUT2D eigenvalue weighted by molar-refractivity contribution is 5.94. The van der Waals surface area contributed by atoms with E-state index in [1.807, 2.05) is 43.6 Å². The Balaban J connectivity index is 1.90. The average Bonchev–Trinajstić information content (AvgIpc) is 3.12. The fraction of sp³-hybridized carbons (Fsp3) is 0.250. The number of aryl methyl sites for hydroxylation is 1. The van der Waals surface area contributed by atoms with Gasteiger partial charge in [-0.05, 0) is 29.8 Å². The molecular formula is C20H22N4O3. The number of carbonyl (C=O) groups excluding carboxylic acids is 1. The molecule has 0 aliphatic rings. The second-order valence-electron chi connectivity index (χ2n) is 6.06. The summed E-state index contributed by atoms with van der Waals surface area (Å²) in [6.45, 7) is 0.364. The molecule has 0 bridgehead atoms. The van der Waals surface area contributed by atoms with Crippen LogP contribution in [0.25, 0.3) is 0 Å². The van der Waals surface area contributed by atoms with Crippen LogP contribution in [0.15, 0.2) is 55.1 Å². The lowest BCUT2D eigenvalue weighted by molar-refractivity contribution is -0.118. The van der Waals surface area contributed by atoms with Gasteiger partial charge in [0.2, 0.25) is 5.91 Å². The summed E-state index contributed by atoms with van der Waals surface area (Å²) in [5.41, 5.74) is 2.52. The maximum atomic E-state index is 13.1. The molecule has 0 atom stereocenters. The van der Waals surface area contributed by atoms with E-state index in [4.69, 9.17) is 9.47 Å². The van der Waals surface area contributed by atoms with Crippen molar-refractivity contribution in [3.63, 3.8) is 0 Å². The third-order valence-electron chi connectivity index (χ3n) is 4.23. The largest absolute Gasteiger partial charge is 0.497 e. The molecule has 0 spiro atoms. The summed E-state index contributed by atoms with van der Waals surface area (Å²) in [7, 11) is 5.03. The molecule has 7 heteroatoms. The van der Waals surface area contributed by atoms with Crippen LogP contribution in [0.4, 0.5) is 5.69 Å². The van der Waals surface area contributed by atoms with Gasteiger partial charge in [-0.2, -0.15) is 5.10 Å². The van der Waals surface area contributed by atoms with E-state index >= 15 is 0 Å². The lowest BCUT2D eigenvalue weighted by Gasteiger charge is -2.22. The Hall–Kier alpha value is -3.35. The quantitative estimate of drug-likeness (QED) is 0.643. The van der Waals surface area contributed by atoms with Gasteiger partial charge in [0.25, 0.3) is 0 Å². The van der Waals surface area contributed by atoms with E-state index in [-0.39, 0.29) is 12.3 Å². The van der Waals surface area contributed by atoms with Gasteiger partial charge in [0, 0.05) is 37.3 Å². The molecular weight excluding hydrogens is 344 g/mol. The summed E-state index contributed by atoms with van der Waals surface area (Å²) in [4.78, 5) is 18.8. The Morgan fingerprint density at radius 3 is 2.56 bits per heavy atom. The molecule has 3 aromatic rings. The van der Waals surface area contributed by atoms with Gasteiger partial charge in [-0.3, -0.25) is 14.5 Å². The fourth-order valence-electron chi connectivity index (χ4n) is 2.79. The zero-order chi connectivity index (χ0) is 19.2. The van der Waals surface area contributed by atoms with Crippen LogP contribution in [-0.2, 0) is 24.8 Å². The number of aromatic nitrogens is 3. The summed E-state index contributed by atoms with van der Waals surface area (Å²) in [5, 5.41) is 4.20. The minimum atomic E-state index is -0.0351. The number of hydrogen-bond donors (Lipinski definition) is 0. The van der Waals surface area contributed by atoms with Gasteiger partial charge in [-0.1, -0.05) is 0 Å². The third-order valence-corrected chi connectivity index (χ3v) is 4.23. The molecule has 0 aliphatic carbocycles. The van der Waals surface area contributed by atoms with Crippen molar-refractivity contribution < 1.29 is 14.3 Å². The first-order chi connectivity index (χ1) is 13.1. The first-order valence-electron chi connectivity index (χ1n) is 8.49. The van der Waals surface area contributed by atoms with E-state index in [0.717, 1.165) is 16.8 Å². The smallest absolute Gasteiger partial charge is 0.231 e. The highest BCUT2D eigenvalue weighted by Gasteiger charge is 2.20. The van der Waals surface area contributed by atoms with Crippen molar-refractivity contribution in [3.05, 3.63) is 66.2 Å². The standard InChI is InChI=1S/C20H22N4O3/c1-23-14-17(12-22-23)24(20(25)10-15-6-8-21-9-7-15)13-16-4-5-18(26-2)11-19(16)27-3/h4-9,11-12,14H,10,13H2,1-3H3. The Morgan fingerprint density at radius 1 is 1.15 bits per heavy atom. The monoisotopic (exact) mass is 366 g/mol. The van der Waals surface area contributed by atoms with Crippen molar-refractivity contribution >= 4 is 11.6 Å². The second kappa shape index (κ2) is 8.35. The number of rotatable bonds is 7. The Labute approximate surface area is 158 Å². The normalized spacial score (nSPS) is 10.5. The molecule has 0 aliphatic heterocycles. The molecule has 0 radical (unpaired) electrons. The van der Waals surface area contributed by atoms with Gasteiger partial charge in [0.15, 0.2) is 0 Å². The van der Waals surface area contributed by atoms with Crippen LogP contribution >= 0.6 is 0 Å². The number of ether oxygens (including phenoxy) is 2. The highest BCUT2D eigenvalue weighted by atomic mass is 16.5. The zero-order valence-corrected chi connectivity index (χ0v) is 15.6. The second-order valence-corrected chi connectivity index (χ2v) is 6.06. The van der Waals surface area contributed by atoms with Crippen molar-refractivity contribution in [1.82, 2.24) is 14.8 Å². The molecule has 0 unspecified atom stereocenters. The Morgan fingerprint density at radius 2 is 1.93 bits per heavy atom. The predicted octanol–water partition coefficient (Wildman–Crippen LogP) is 2.61. The van der Waals surface area contributed by atoms with Crippen molar-refractivity contribution in [2.75, 3.05) is 19.1 Å². The van der Waals surface area contributed by atoms with Gasteiger partial charge in [-0.15, -0.1) is 0 Å². The molecule has 1 amide bonds. The van der Waals surface area contributed by atoms with E-state index < -0.39 is 0 Å². The molecule has 140 valence electrons. The van der Waals surface area contributed by atoms with Crippen LogP contribution in [0.3, 0.4) is 0 Å².